The standard InChI is InChI=1S/C14H20INO/c1-3-5-6-11(4-2)14(17)16-13-9-7-12(15)8-10-13/h7-11H,3-6H2,1-2H3,(H,16,17)/t11-/m1/s1. The maximum absolute atomic E-state index is 12.0. The predicted octanol–water partition coefficient (Wildman–Crippen LogP) is 4.45. The first-order valence-electron chi connectivity index (χ1n) is 6.23. The maximum Gasteiger partial charge on any atom is 0.227 e. The zero-order valence-corrected chi connectivity index (χ0v) is 12.7. The van der Waals surface area contributed by atoms with Crippen LogP contribution < -0.4 is 5.32 Å². The minimum Gasteiger partial charge on any atom is -0.326 e. The molecule has 0 aliphatic heterocycles. The van der Waals surface area contributed by atoms with E-state index in [1.54, 1.807) is 0 Å². The molecule has 17 heavy (non-hydrogen) atoms. The molecule has 1 atom stereocenters. The van der Waals surface area contributed by atoms with Gasteiger partial charge in [-0.2, -0.15) is 0 Å². The fourth-order valence-corrected chi connectivity index (χ4v) is 2.11. The van der Waals surface area contributed by atoms with Crippen LogP contribution >= 0.6 is 22.6 Å². The highest BCUT2D eigenvalue weighted by Gasteiger charge is 2.15. The Labute approximate surface area is 117 Å². The predicted molar refractivity (Wildman–Crippen MR) is 81.1 cm³/mol. The number of hydrogen-bond donors (Lipinski definition) is 1. The second-order valence-electron chi connectivity index (χ2n) is 4.24. The lowest BCUT2D eigenvalue weighted by Gasteiger charge is -2.14. The van der Waals surface area contributed by atoms with Gasteiger partial charge in [0.1, 0.15) is 0 Å². The lowest BCUT2D eigenvalue weighted by molar-refractivity contribution is -0.120. The van der Waals surface area contributed by atoms with E-state index in [1.165, 1.54) is 3.57 Å². The van der Waals surface area contributed by atoms with Gasteiger partial charge in [-0.15, -0.1) is 0 Å². The van der Waals surface area contributed by atoms with E-state index < -0.39 is 0 Å². The van der Waals surface area contributed by atoms with Crippen LogP contribution in [0.4, 0.5) is 5.69 Å². The van der Waals surface area contributed by atoms with Gasteiger partial charge in [0.25, 0.3) is 0 Å². The van der Waals surface area contributed by atoms with Crippen molar-refractivity contribution in [2.75, 3.05) is 5.32 Å². The molecule has 2 nitrogen and oxygen atoms in total. The molecule has 0 radical (unpaired) electrons. The molecule has 3 heteroatoms. The minimum atomic E-state index is 0.147. The Morgan fingerprint density at radius 1 is 1.29 bits per heavy atom. The Hall–Kier alpha value is -0.580. The third kappa shape index (κ3) is 5.06. The van der Waals surface area contributed by atoms with Crippen LogP contribution in [0.5, 0.6) is 0 Å². The highest BCUT2D eigenvalue weighted by Crippen LogP contribution is 2.17. The molecule has 0 bridgehead atoms. The number of unbranched alkanes of at least 4 members (excludes halogenated alkanes) is 1. The number of anilines is 1. The fourth-order valence-electron chi connectivity index (χ4n) is 1.75. The van der Waals surface area contributed by atoms with Gasteiger partial charge < -0.3 is 5.32 Å². The van der Waals surface area contributed by atoms with Crippen LogP contribution in [0, 0.1) is 9.49 Å². The number of amides is 1. The lowest BCUT2D eigenvalue weighted by atomic mass is 9.98. The zero-order chi connectivity index (χ0) is 12.7. The largest absolute Gasteiger partial charge is 0.326 e. The number of hydrogen-bond acceptors (Lipinski definition) is 1. The van der Waals surface area contributed by atoms with Crippen molar-refractivity contribution >= 4 is 34.2 Å². The lowest BCUT2D eigenvalue weighted by Crippen LogP contribution is -2.22. The van der Waals surface area contributed by atoms with Gasteiger partial charge in [0.2, 0.25) is 5.91 Å². The molecule has 1 aromatic rings. The van der Waals surface area contributed by atoms with E-state index in [0.717, 1.165) is 31.4 Å². The quantitative estimate of drug-likeness (QED) is 0.759. The Bertz CT molecular complexity index is 348. The molecule has 0 aromatic heterocycles. The van der Waals surface area contributed by atoms with Crippen molar-refractivity contribution in [1.82, 2.24) is 0 Å². The number of nitrogens with one attached hydrogen (secondary N) is 1. The van der Waals surface area contributed by atoms with Gasteiger partial charge in [-0.05, 0) is 59.7 Å². The molecule has 1 N–H and O–H groups in total. The number of halogens is 1. The summed E-state index contributed by atoms with van der Waals surface area (Å²) >= 11 is 2.26. The van der Waals surface area contributed by atoms with Crippen molar-refractivity contribution in [3.8, 4) is 0 Å². The summed E-state index contributed by atoms with van der Waals surface area (Å²) in [6, 6.07) is 7.91. The van der Waals surface area contributed by atoms with E-state index in [2.05, 4.69) is 41.8 Å². The Balaban J connectivity index is 2.54. The summed E-state index contributed by atoms with van der Waals surface area (Å²) < 4.78 is 1.18. The smallest absolute Gasteiger partial charge is 0.227 e. The molecule has 1 aromatic carbocycles. The summed E-state index contributed by atoms with van der Waals surface area (Å²) in [5, 5.41) is 2.99. The average Bonchev–Trinajstić information content (AvgIpc) is 2.33. The third-order valence-corrected chi connectivity index (χ3v) is 3.60. The van der Waals surface area contributed by atoms with Crippen LogP contribution in [0.1, 0.15) is 39.5 Å². The van der Waals surface area contributed by atoms with Gasteiger partial charge in [0.15, 0.2) is 0 Å². The Morgan fingerprint density at radius 3 is 2.47 bits per heavy atom. The van der Waals surface area contributed by atoms with Gasteiger partial charge >= 0.3 is 0 Å². The van der Waals surface area contributed by atoms with Gasteiger partial charge in [0, 0.05) is 15.2 Å². The Morgan fingerprint density at radius 2 is 1.94 bits per heavy atom. The zero-order valence-electron chi connectivity index (χ0n) is 10.5. The average molecular weight is 345 g/mol. The van der Waals surface area contributed by atoms with E-state index >= 15 is 0 Å². The number of carbonyl (C=O) groups is 1. The SMILES string of the molecule is CCCC[C@@H](CC)C(=O)Nc1ccc(I)cc1. The monoisotopic (exact) mass is 345 g/mol. The van der Waals surface area contributed by atoms with Crippen LogP contribution in [-0.4, -0.2) is 5.91 Å². The first-order valence-corrected chi connectivity index (χ1v) is 7.31. The molecule has 0 spiro atoms. The summed E-state index contributed by atoms with van der Waals surface area (Å²) in [6.07, 6.45) is 4.17. The van der Waals surface area contributed by atoms with Crippen molar-refractivity contribution in [1.29, 1.82) is 0 Å². The van der Waals surface area contributed by atoms with Crippen LogP contribution in [0.2, 0.25) is 0 Å². The maximum atomic E-state index is 12.0. The number of rotatable bonds is 6. The molecule has 0 unspecified atom stereocenters. The summed E-state index contributed by atoms with van der Waals surface area (Å²) in [7, 11) is 0. The van der Waals surface area contributed by atoms with E-state index in [4.69, 9.17) is 0 Å². The first-order chi connectivity index (χ1) is 8.17. The highest BCUT2D eigenvalue weighted by molar-refractivity contribution is 14.1. The molecule has 1 rings (SSSR count). The number of benzene rings is 1. The van der Waals surface area contributed by atoms with Gasteiger partial charge in [-0.25, -0.2) is 0 Å². The van der Waals surface area contributed by atoms with Crippen molar-refractivity contribution < 1.29 is 4.79 Å². The second kappa shape index (κ2) is 7.69. The van der Waals surface area contributed by atoms with Crippen LogP contribution in [0.15, 0.2) is 24.3 Å². The van der Waals surface area contributed by atoms with Crippen LogP contribution in [0.3, 0.4) is 0 Å². The molecule has 0 aliphatic carbocycles. The molecule has 0 saturated heterocycles. The molecule has 94 valence electrons. The van der Waals surface area contributed by atoms with E-state index in [9.17, 15) is 4.79 Å². The highest BCUT2D eigenvalue weighted by atomic mass is 127. The van der Waals surface area contributed by atoms with E-state index in [1.807, 2.05) is 24.3 Å². The Kier molecular flexibility index (Phi) is 6.55. The van der Waals surface area contributed by atoms with Crippen molar-refractivity contribution in [3.63, 3.8) is 0 Å². The van der Waals surface area contributed by atoms with Crippen LogP contribution in [-0.2, 0) is 4.79 Å². The number of carbonyl (C=O) groups excluding carboxylic acids is 1. The van der Waals surface area contributed by atoms with Crippen molar-refractivity contribution in [2.24, 2.45) is 5.92 Å². The summed E-state index contributed by atoms with van der Waals surface area (Å²) in [6.45, 7) is 4.23. The van der Waals surface area contributed by atoms with E-state index in [-0.39, 0.29) is 11.8 Å². The molecule has 0 aliphatic rings. The third-order valence-electron chi connectivity index (χ3n) is 2.88. The van der Waals surface area contributed by atoms with E-state index in [0.29, 0.717) is 0 Å². The van der Waals surface area contributed by atoms with Gasteiger partial charge in [-0.3, -0.25) is 4.79 Å². The summed E-state index contributed by atoms with van der Waals surface area (Å²) in [4.78, 5) is 12.0. The van der Waals surface area contributed by atoms with Crippen molar-refractivity contribution in [2.45, 2.75) is 39.5 Å². The second-order valence-corrected chi connectivity index (χ2v) is 5.49. The topological polar surface area (TPSA) is 29.1 Å². The molecule has 0 saturated carbocycles. The molecule has 0 heterocycles. The molecular weight excluding hydrogens is 325 g/mol. The molecule has 0 fully saturated rings. The first kappa shape index (κ1) is 14.5. The summed E-state index contributed by atoms with van der Waals surface area (Å²) in [5.41, 5.74) is 0.894. The molecule has 1 amide bonds. The normalized spacial score (nSPS) is 12.2. The minimum absolute atomic E-state index is 0.147. The molecular formula is C14H20INO. The van der Waals surface area contributed by atoms with Gasteiger partial charge in [-0.1, -0.05) is 26.7 Å². The van der Waals surface area contributed by atoms with Gasteiger partial charge in [0.05, 0.1) is 0 Å². The van der Waals surface area contributed by atoms with Crippen LogP contribution in [0.25, 0.3) is 0 Å². The van der Waals surface area contributed by atoms with Crippen molar-refractivity contribution in [3.05, 3.63) is 27.8 Å². The summed E-state index contributed by atoms with van der Waals surface area (Å²) in [5.74, 6) is 0.302. The fraction of sp³-hybridized carbons (Fsp3) is 0.500.